The van der Waals surface area contributed by atoms with Gasteiger partial charge in [-0.2, -0.15) is 9.61 Å². The summed E-state index contributed by atoms with van der Waals surface area (Å²) < 4.78 is 35.0. The maximum atomic E-state index is 12.6. The molecule has 0 unspecified atom stereocenters. The molecule has 2 N–H and O–H groups in total. The number of halogens is 2. The second-order valence-electron chi connectivity index (χ2n) is 8.49. The van der Waals surface area contributed by atoms with Gasteiger partial charge in [-0.25, -0.2) is 18.1 Å². The van der Waals surface area contributed by atoms with Gasteiger partial charge in [0.05, 0.1) is 28.4 Å². The first kappa shape index (κ1) is 28.0. The molecule has 0 spiro atoms. The standard InChI is InChI=1S/C26H27BrClN5O4S/c1-37-25(34)13-10-18-8-11-19(12-9-18)38(35,36)31-15-5-4-14-29-24-16-23(20-6-2-3-7-22(20)28)32-26-21(27)17-30-33(24)26/h2-3,6-9,11-12,16-17,29,31H,4-5,10,13-15H2,1H3. The fraction of sp³-hybridized carbons (Fsp3) is 0.269. The predicted octanol–water partition coefficient (Wildman–Crippen LogP) is 5.09. The van der Waals surface area contributed by atoms with E-state index in [2.05, 4.69) is 35.8 Å². The van der Waals surface area contributed by atoms with Gasteiger partial charge in [-0.1, -0.05) is 41.9 Å². The average Bonchev–Trinajstić information content (AvgIpc) is 3.30. The number of rotatable bonds is 12. The van der Waals surface area contributed by atoms with E-state index >= 15 is 0 Å². The number of aryl methyl sites for hydroxylation is 1. The number of ether oxygens (including phenoxy) is 1. The fourth-order valence-corrected chi connectivity index (χ4v) is 5.46. The van der Waals surface area contributed by atoms with Crippen LogP contribution in [-0.2, 0) is 26.0 Å². The molecular weight excluding hydrogens is 594 g/mol. The lowest BCUT2D eigenvalue weighted by atomic mass is 10.1. The molecule has 4 rings (SSSR count). The van der Waals surface area contributed by atoms with Crippen molar-refractivity contribution in [3.63, 3.8) is 0 Å². The van der Waals surface area contributed by atoms with Gasteiger partial charge in [0.15, 0.2) is 5.65 Å². The molecule has 0 radical (unpaired) electrons. The average molecular weight is 621 g/mol. The van der Waals surface area contributed by atoms with Crippen LogP contribution >= 0.6 is 27.5 Å². The lowest BCUT2D eigenvalue weighted by molar-refractivity contribution is -0.140. The summed E-state index contributed by atoms with van der Waals surface area (Å²) >= 11 is 9.89. The summed E-state index contributed by atoms with van der Waals surface area (Å²) in [5, 5.41) is 8.37. The van der Waals surface area contributed by atoms with Crippen molar-refractivity contribution in [2.75, 3.05) is 25.5 Å². The Hall–Kier alpha value is -2.99. The zero-order chi connectivity index (χ0) is 27.1. The van der Waals surface area contributed by atoms with Crippen LogP contribution in [0, 0.1) is 0 Å². The largest absolute Gasteiger partial charge is 0.469 e. The van der Waals surface area contributed by atoms with Crippen LogP contribution in [0.1, 0.15) is 24.8 Å². The first-order chi connectivity index (χ1) is 18.3. The predicted molar refractivity (Wildman–Crippen MR) is 151 cm³/mol. The number of benzene rings is 2. The van der Waals surface area contributed by atoms with E-state index < -0.39 is 10.0 Å². The Balaban J connectivity index is 1.31. The van der Waals surface area contributed by atoms with Gasteiger partial charge in [0.1, 0.15) is 5.82 Å². The summed E-state index contributed by atoms with van der Waals surface area (Å²) in [6.07, 6.45) is 3.79. The first-order valence-corrected chi connectivity index (χ1v) is 14.6. The number of carbonyl (C=O) groups is 1. The number of nitrogens with one attached hydrogen (secondary N) is 2. The van der Waals surface area contributed by atoms with E-state index in [1.54, 1.807) is 35.0 Å². The van der Waals surface area contributed by atoms with Crippen LogP contribution < -0.4 is 10.0 Å². The fourth-order valence-electron chi connectivity index (χ4n) is 3.81. The van der Waals surface area contributed by atoms with Crippen LogP contribution in [-0.4, -0.2) is 49.2 Å². The molecule has 0 aliphatic heterocycles. The highest BCUT2D eigenvalue weighted by Gasteiger charge is 2.15. The van der Waals surface area contributed by atoms with E-state index in [-0.39, 0.29) is 17.3 Å². The molecule has 38 heavy (non-hydrogen) atoms. The van der Waals surface area contributed by atoms with Crippen LogP contribution in [0.3, 0.4) is 0 Å². The van der Waals surface area contributed by atoms with E-state index in [1.165, 1.54) is 7.11 Å². The molecule has 0 aliphatic rings. The van der Waals surface area contributed by atoms with Crippen molar-refractivity contribution in [1.82, 2.24) is 19.3 Å². The van der Waals surface area contributed by atoms with Gasteiger partial charge in [0.2, 0.25) is 10.0 Å². The molecule has 0 saturated heterocycles. The third kappa shape index (κ3) is 6.90. The second-order valence-corrected chi connectivity index (χ2v) is 11.5. The molecule has 0 fully saturated rings. The second kappa shape index (κ2) is 12.7. The normalized spacial score (nSPS) is 11.6. The molecule has 0 amide bonds. The lowest BCUT2D eigenvalue weighted by Crippen LogP contribution is -2.25. The topological polar surface area (TPSA) is 115 Å². The Morgan fingerprint density at radius 3 is 2.58 bits per heavy atom. The van der Waals surface area contributed by atoms with Crippen LogP contribution in [0.15, 0.2) is 70.2 Å². The quantitative estimate of drug-likeness (QED) is 0.168. The zero-order valence-electron chi connectivity index (χ0n) is 20.7. The van der Waals surface area contributed by atoms with Crippen LogP contribution in [0.25, 0.3) is 16.9 Å². The van der Waals surface area contributed by atoms with Crippen molar-refractivity contribution in [1.29, 1.82) is 0 Å². The molecule has 4 aromatic rings. The number of aromatic nitrogens is 3. The molecule has 9 nitrogen and oxygen atoms in total. The van der Waals surface area contributed by atoms with Crippen LogP contribution in [0.5, 0.6) is 0 Å². The minimum Gasteiger partial charge on any atom is -0.469 e. The highest BCUT2D eigenvalue weighted by Crippen LogP contribution is 2.30. The number of sulfonamides is 1. The van der Waals surface area contributed by atoms with Gasteiger partial charge >= 0.3 is 5.97 Å². The third-order valence-electron chi connectivity index (χ3n) is 5.86. The minimum atomic E-state index is -3.62. The summed E-state index contributed by atoms with van der Waals surface area (Å²) in [6.45, 7) is 0.910. The highest BCUT2D eigenvalue weighted by atomic mass is 79.9. The van der Waals surface area contributed by atoms with E-state index in [4.69, 9.17) is 16.6 Å². The van der Waals surface area contributed by atoms with E-state index in [1.807, 2.05) is 30.3 Å². The van der Waals surface area contributed by atoms with Crippen molar-refractivity contribution in [3.05, 3.63) is 75.9 Å². The number of hydrogen-bond acceptors (Lipinski definition) is 7. The summed E-state index contributed by atoms with van der Waals surface area (Å²) in [5.74, 6) is 0.452. The number of fused-ring (bicyclic) bond motifs is 1. The van der Waals surface area contributed by atoms with E-state index in [0.717, 1.165) is 33.5 Å². The number of anilines is 1. The Bertz CT molecular complexity index is 1530. The zero-order valence-corrected chi connectivity index (χ0v) is 23.8. The molecule has 2 aromatic carbocycles. The third-order valence-corrected chi connectivity index (χ3v) is 8.23. The Kier molecular flexibility index (Phi) is 9.37. The number of carbonyl (C=O) groups excluding carboxylic acids is 1. The first-order valence-electron chi connectivity index (χ1n) is 12.0. The molecular formula is C26H27BrClN5O4S. The molecule has 12 heteroatoms. The Morgan fingerprint density at radius 1 is 1.11 bits per heavy atom. The van der Waals surface area contributed by atoms with Gasteiger partial charge in [-0.05, 0) is 59.0 Å². The SMILES string of the molecule is COC(=O)CCc1ccc(S(=O)(=O)NCCCCNc2cc(-c3ccccc3Cl)nc3c(Br)cnn23)cc1. The van der Waals surface area contributed by atoms with Crippen molar-refractivity contribution in [2.45, 2.75) is 30.6 Å². The number of hydrogen-bond donors (Lipinski definition) is 2. The number of nitrogens with zero attached hydrogens (tertiary/aromatic N) is 3. The van der Waals surface area contributed by atoms with Crippen molar-refractivity contribution < 1.29 is 17.9 Å². The van der Waals surface area contributed by atoms with Gasteiger partial charge in [0, 0.05) is 36.2 Å². The smallest absolute Gasteiger partial charge is 0.305 e. The van der Waals surface area contributed by atoms with Crippen molar-refractivity contribution >= 4 is 55.0 Å². The molecule has 0 atom stereocenters. The highest BCUT2D eigenvalue weighted by molar-refractivity contribution is 9.10. The maximum absolute atomic E-state index is 12.6. The summed E-state index contributed by atoms with van der Waals surface area (Å²) in [4.78, 5) is 16.2. The van der Waals surface area contributed by atoms with Crippen molar-refractivity contribution in [2.24, 2.45) is 0 Å². The number of methoxy groups -OCH3 is 1. The van der Waals surface area contributed by atoms with Gasteiger partial charge in [-0.15, -0.1) is 0 Å². The van der Waals surface area contributed by atoms with Crippen molar-refractivity contribution in [3.8, 4) is 11.3 Å². The number of unbranched alkanes of at least 4 members (excludes halogenated alkanes) is 1. The molecule has 2 aromatic heterocycles. The van der Waals surface area contributed by atoms with Gasteiger partial charge < -0.3 is 10.1 Å². The Morgan fingerprint density at radius 2 is 1.84 bits per heavy atom. The monoisotopic (exact) mass is 619 g/mol. The van der Waals surface area contributed by atoms with Gasteiger partial charge in [0.25, 0.3) is 0 Å². The molecule has 0 bridgehead atoms. The molecule has 0 aliphatic carbocycles. The molecule has 2 heterocycles. The van der Waals surface area contributed by atoms with Gasteiger partial charge in [-0.3, -0.25) is 4.79 Å². The molecule has 0 saturated carbocycles. The molecule has 200 valence electrons. The van der Waals surface area contributed by atoms with Crippen LogP contribution in [0.4, 0.5) is 5.82 Å². The number of esters is 1. The Labute approximate surface area is 234 Å². The summed E-state index contributed by atoms with van der Waals surface area (Å²) in [5.41, 5.74) is 3.07. The van der Waals surface area contributed by atoms with Crippen LogP contribution in [0.2, 0.25) is 5.02 Å². The van der Waals surface area contributed by atoms with E-state index in [0.29, 0.717) is 36.6 Å². The maximum Gasteiger partial charge on any atom is 0.305 e. The van der Waals surface area contributed by atoms with E-state index in [9.17, 15) is 13.2 Å². The summed E-state index contributed by atoms with van der Waals surface area (Å²) in [7, 11) is -2.28. The minimum absolute atomic E-state index is 0.188. The summed E-state index contributed by atoms with van der Waals surface area (Å²) in [6, 6.07) is 15.9. The lowest BCUT2D eigenvalue weighted by Gasteiger charge is -2.12.